The van der Waals surface area contributed by atoms with E-state index in [-0.39, 0.29) is 4.90 Å². The molecule has 0 aliphatic rings. The van der Waals surface area contributed by atoms with Crippen molar-refractivity contribution in [2.24, 2.45) is 0 Å². The highest BCUT2D eigenvalue weighted by Crippen LogP contribution is 2.21. The maximum atomic E-state index is 11.3. The minimum Gasteiger partial charge on any atom is -0.382 e. The number of aromatic nitrogens is 2. The van der Waals surface area contributed by atoms with Crippen molar-refractivity contribution in [1.29, 1.82) is 0 Å². The second-order valence-corrected chi connectivity index (χ2v) is 6.11. The van der Waals surface area contributed by atoms with Gasteiger partial charge in [-0.3, -0.25) is 0 Å². The molecule has 0 atom stereocenters. The number of nitrogens with two attached hydrogens (primary N) is 1. The number of aryl methyl sites for hydroxylation is 1. The Hall–Kier alpha value is -1.95. The van der Waals surface area contributed by atoms with Gasteiger partial charge >= 0.3 is 0 Å². The number of rotatable bonds is 2. The van der Waals surface area contributed by atoms with Crippen LogP contribution in [0.25, 0.3) is 11.3 Å². The van der Waals surface area contributed by atoms with E-state index < -0.39 is 9.84 Å². The molecule has 94 valence electrons. The molecule has 2 N–H and O–H groups in total. The summed E-state index contributed by atoms with van der Waals surface area (Å²) in [6, 6.07) is 8.33. The van der Waals surface area contributed by atoms with Crippen molar-refractivity contribution < 1.29 is 8.42 Å². The number of anilines is 1. The molecule has 2 rings (SSSR count). The van der Waals surface area contributed by atoms with Gasteiger partial charge in [-0.15, -0.1) is 10.2 Å². The normalized spacial score (nSPS) is 11.4. The van der Waals surface area contributed by atoms with Gasteiger partial charge in [-0.05, 0) is 30.7 Å². The molecule has 1 aromatic heterocycles. The zero-order chi connectivity index (χ0) is 13.3. The summed E-state index contributed by atoms with van der Waals surface area (Å²) < 4.78 is 22.7. The molecule has 1 aromatic carbocycles. The molecule has 0 aliphatic carbocycles. The minimum atomic E-state index is -3.17. The Labute approximate surface area is 106 Å². The van der Waals surface area contributed by atoms with Crippen LogP contribution in [0.1, 0.15) is 5.56 Å². The van der Waals surface area contributed by atoms with E-state index in [1.54, 1.807) is 24.3 Å². The molecule has 0 unspecified atom stereocenters. The van der Waals surface area contributed by atoms with E-state index in [1.807, 2.05) is 13.0 Å². The van der Waals surface area contributed by atoms with Gasteiger partial charge in [-0.2, -0.15) is 0 Å². The first-order valence-corrected chi connectivity index (χ1v) is 7.17. The van der Waals surface area contributed by atoms with Gasteiger partial charge in [-0.25, -0.2) is 8.42 Å². The van der Waals surface area contributed by atoms with Crippen LogP contribution in [0, 0.1) is 6.92 Å². The van der Waals surface area contributed by atoms with Crippen molar-refractivity contribution in [3.63, 3.8) is 0 Å². The third kappa shape index (κ3) is 2.48. The Bertz CT molecular complexity index is 679. The molecular weight excluding hydrogens is 250 g/mol. The van der Waals surface area contributed by atoms with Gasteiger partial charge in [0.15, 0.2) is 9.84 Å². The Morgan fingerprint density at radius 3 is 2.22 bits per heavy atom. The lowest BCUT2D eigenvalue weighted by Gasteiger charge is -2.04. The third-order valence-corrected chi connectivity index (χ3v) is 3.73. The van der Waals surface area contributed by atoms with Crippen LogP contribution in [0.15, 0.2) is 35.2 Å². The predicted octanol–water partition coefficient (Wildman–Crippen LogP) is 1.44. The van der Waals surface area contributed by atoms with Crippen LogP contribution >= 0.6 is 0 Å². The molecule has 0 amide bonds. The first-order chi connectivity index (χ1) is 8.38. The van der Waals surface area contributed by atoms with E-state index in [4.69, 9.17) is 5.73 Å². The fraction of sp³-hybridized carbons (Fsp3) is 0.167. The number of nitrogen functional groups attached to an aromatic ring is 1. The molecule has 0 bridgehead atoms. The number of benzene rings is 1. The highest BCUT2D eigenvalue weighted by molar-refractivity contribution is 7.90. The van der Waals surface area contributed by atoms with Gasteiger partial charge in [0.2, 0.25) is 0 Å². The van der Waals surface area contributed by atoms with Crippen LogP contribution in [0.2, 0.25) is 0 Å². The van der Waals surface area contributed by atoms with Crippen molar-refractivity contribution >= 4 is 15.7 Å². The summed E-state index contributed by atoms with van der Waals surface area (Å²) in [6.45, 7) is 1.85. The largest absolute Gasteiger partial charge is 0.382 e. The number of hydrogen-bond acceptors (Lipinski definition) is 5. The average Bonchev–Trinajstić information content (AvgIpc) is 2.32. The van der Waals surface area contributed by atoms with E-state index >= 15 is 0 Å². The van der Waals surface area contributed by atoms with E-state index in [9.17, 15) is 8.42 Å². The van der Waals surface area contributed by atoms with Gasteiger partial charge in [0, 0.05) is 11.8 Å². The van der Waals surface area contributed by atoms with Gasteiger partial charge in [0.1, 0.15) is 5.82 Å². The van der Waals surface area contributed by atoms with E-state index in [1.165, 1.54) is 6.26 Å². The van der Waals surface area contributed by atoms with Crippen molar-refractivity contribution in [2.75, 3.05) is 12.0 Å². The molecule has 0 fully saturated rings. The lowest BCUT2D eigenvalue weighted by atomic mass is 10.1. The van der Waals surface area contributed by atoms with Crippen LogP contribution in [0.4, 0.5) is 5.82 Å². The maximum Gasteiger partial charge on any atom is 0.175 e. The van der Waals surface area contributed by atoms with E-state index in [0.717, 1.165) is 11.1 Å². The average molecular weight is 263 g/mol. The molecule has 0 aliphatic heterocycles. The third-order valence-electron chi connectivity index (χ3n) is 2.60. The molecule has 0 spiro atoms. The quantitative estimate of drug-likeness (QED) is 0.886. The van der Waals surface area contributed by atoms with Crippen LogP contribution in [0.3, 0.4) is 0 Å². The molecule has 18 heavy (non-hydrogen) atoms. The van der Waals surface area contributed by atoms with Crippen molar-refractivity contribution in [3.8, 4) is 11.3 Å². The van der Waals surface area contributed by atoms with Crippen molar-refractivity contribution in [1.82, 2.24) is 10.2 Å². The standard InChI is InChI=1S/C12H13N3O2S/c1-8-7-11(14-15-12(8)13)9-3-5-10(6-4-9)18(2,16)17/h3-7H,1-2H3,(H2,13,15). The topological polar surface area (TPSA) is 85.9 Å². The van der Waals surface area contributed by atoms with Crippen LogP contribution < -0.4 is 5.73 Å². The number of hydrogen-bond donors (Lipinski definition) is 1. The van der Waals surface area contributed by atoms with Gasteiger partial charge in [0.25, 0.3) is 0 Å². The molecule has 2 aromatic rings. The molecule has 5 nitrogen and oxygen atoms in total. The van der Waals surface area contributed by atoms with Crippen molar-refractivity contribution in [3.05, 3.63) is 35.9 Å². The lowest BCUT2D eigenvalue weighted by molar-refractivity contribution is 0.602. The first-order valence-electron chi connectivity index (χ1n) is 5.28. The van der Waals surface area contributed by atoms with Gasteiger partial charge < -0.3 is 5.73 Å². The summed E-state index contributed by atoms with van der Waals surface area (Å²) in [7, 11) is -3.17. The molecule has 1 heterocycles. The monoisotopic (exact) mass is 263 g/mol. The number of nitrogens with zero attached hydrogens (tertiary/aromatic N) is 2. The van der Waals surface area contributed by atoms with E-state index in [0.29, 0.717) is 11.5 Å². The fourth-order valence-corrected chi connectivity index (χ4v) is 2.14. The second kappa shape index (κ2) is 4.38. The molecule has 6 heteroatoms. The summed E-state index contributed by atoms with van der Waals surface area (Å²) in [5.74, 6) is 0.395. The molecule has 0 saturated carbocycles. The Morgan fingerprint density at radius 1 is 1.11 bits per heavy atom. The summed E-state index contributed by atoms with van der Waals surface area (Å²) in [5, 5.41) is 7.81. The lowest BCUT2D eigenvalue weighted by Crippen LogP contribution is -1.99. The summed E-state index contributed by atoms with van der Waals surface area (Å²) in [6.07, 6.45) is 1.18. The van der Waals surface area contributed by atoms with Crippen LogP contribution in [-0.4, -0.2) is 24.9 Å². The zero-order valence-corrected chi connectivity index (χ0v) is 10.9. The van der Waals surface area contributed by atoms with Gasteiger partial charge in [-0.1, -0.05) is 12.1 Å². The number of sulfone groups is 1. The smallest absolute Gasteiger partial charge is 0.175 e. The minimum absolute atomic E-state index is 0.284. The van der Waals surface area contributed by atoms with E-state index in [2.05, 4.69) is 10.2 Å². The van der Waals surface area contributed by atoms with Crippen LogP contribution in [-0.2, 0) is 9.84 Å². The first kappa shape index (κ1) is 12.5. The van der Waals surface area contributed by atoms with Crippen molar-refractivity contribution in [2.45, 2.75) is 11.8 Å². The SMILES string of the molecule is Cc1cc(-c2ccc(S(C)(=O)=O)cc2)nnc1N. The molecule has 0 radical (unpaired) electrons. The Morgan fingerprint density at radius 2 is 1.72 bits per heavy atom. The molecular formula is C12H13N3O2S. The predicted molar refractivity (Wildman–Crippen MR) is 69.7 cm³/mol. The maximum absolute atomic E-state index is 11.3. The molecule has 0 saturated heterocycles. The fourth-order valence-electron chi connectivity index (χ4n) is 1.51. The highest BCUT2D eigenvalue weighted by Gasteiger charge is 2.08. The summed E-state index contributed by atoms with van der Waals surface area (Å²) in [4.78, 5) is 0.284. The van der Waals surface area contributed by atoms with Gasteiger partial charge in [0.05, 0.1) is 10.6 Å². The summed E-state index contributed by atoms with van der Waals surface area (Å²) >= 11 is 0. The zero-order valence-electron chi connectivity index (χ0n) is 10.1. The highest BCUT2D eigenvalue weighted by atomic mass is 32.2. The Kier molecular flexibility index (Phi) is 3.04. The van der Waals surface area contributed by atoms with Crippen LogP contribution in [0.5, 0.6) is 0 Å². The summed E-state index contributed by atoms with van der Waals surface area (Å²) in [5.41, 5.74) is 7.91. The second-order valence-electron chi connectivity index (χ2n) is 4.09. The Balaban J connectivity index is 2.43.